The van der Waals surface area contributed by atoms with Crippen molar-refractivity contribution >= 4 is 10.2 Å². The second-order valence-electron chi connectivity index (χ2n) is 8.15. The second-order valence-corrected chi connectivity index (χ2v) is 10.1. The minimum absolute atomic E-state index is 0.565. The van der Waals surface area contributed by atoms with E-state index in [1.165, 1.54) is 5.56 Å². The summed E-state index contributed by atoms with van der Waals surface area (Å²) in [7, 11) is -3.30. The zero-order chi connectivity index (χ0) is 20.4. The van der Waals surface area contributed by atoms with E-state index >= 15 is 0 Å². The molecule has 0 N–H and O–H groups in total. The van der Waals surface area contributed by atoms with Crippen molar-refractivity contribution in [3.8, 4) is 5.69 Å². The van der Waals surface area contributed by atoms with Gasteiger partial charge in [-0.25, -0.2) is 4.68 Å². The van der Waals surface area contributed by atoms with E-state index in [0.717, 1.165) is 56.0 Å². The van der Waals surface area contributed by atoms with E-state index in [1.807, 2.05) is 11.6 Å². The maximum Gasteiger partial charge on any atom is 0.282 e. The predicted molar refractivity (Wildman–Crippen MR) is 114 cm³/mol. The molecule has 158 valence electrons. The van der Waals surface area contributed by atoms with Gasteiger partial charge in [-0.3, -0.25) is 4.90 Å². The van der Waals surface area contributed by atoms with Gasteiger partial charge in [0.1, 0.15) is 0 Å². The van der Waals surface area contributed by atoms with Gasteiger partial charge >= 0.3 is 0 Å². The predicted octanol–water partition coefficient (Wildman–Crippen LogP) is 2.34. The summed E-state index contributed by atoms with van der Waals surface area (Å²) in [6.07, 6.45) is 2.82. The number of aryl methyl sites for hydroxylation is 2. The maximum atomic E-state index is 12.9. The van der Waals surface area contributed by atoms with Gasteiger partial charge < -0.3 is 0 Å². The summed E-state index contributed by atoms with van der Waals surface area (Å²) in [5.74, 6) is 0. The van der Waals surface area contributed by atoms with E-state index in [2.05, 4.69) is 47.3 Å². The molecule has 0 amide bonds. The fraction of sp³-hybridized carbons (Fsp3) is 0.571. The molecule has 7 nitrogen and oxygen atoms in total. The van der Waals surface area contributed by atoms with Gasteiger partial charge in [0.15, 0.2) is 0 Å². The van der Waals surface area contributed by atoms with E-state index in [-0.39, 0.29) is 0 Å². The molecule has 29 heavy (non-hydrogen) atoms. The number of hydrogen-bond acceptors (Lipinski definition) is 4. The Labute approximate surface area is 174 Å². The van der Waals surface area contributed by atoms with Gasteiger partial charge in [-0.1, -0.05) is 12.1 Å². The number of aromatic nitrogens is 2. The van der Waals surface area contributed by atoms with Crippen LogP contribution in [0.1, 0.15) is 36.2 Å². The molecule has 0 unspecified atom stereocenters. The molecule has 0 bridgehead atoms. The highest BCUT2D eigenvalue weighted by Crippen LogP contribution is 2.20. The molecule has 2 fully saturated rings. The molecular weight excluding hydrogens is 386 g/mol. The van der Waals surface area contributed by atoms with Crippen LogP contribution in [-0.4, -0.2) is 71.0 Å². The lowest BCUT2D eigenvalue weighted by atomic mass is 10.2. The van der Waals surface area contributed by atoms with Crippen LogP contribution in [0.4, 0.5) is 0 Å². The summed E-state index contributed by atoms with van der Waals surface area (Å²) < 4.78 is 31.0. The van der Waals surface area contributed by atoms with Crippen molar-refractivity contribution in [2.24, 2.45) is 0 Å². The van der Waals surface area contributed by atoms with Crippen LogP contribution in [-0.2, 0) is 16.8 Å². The lowest BCUT2D eigenvalue weighted by Gasteiger charge is -2.26. The maximum absolute atomic E-state index is 12.9. The fourth-order valence-electron chi connectivity index (χ4n) is 4.35. The Morgan fingerprint density at radius 3 is 2.34 bits per heavy atom. The SMILES string of the molecule is Cc1cc(C)n(-c2cccc(CN3CCCN(S(=O)(=O)N4CCCC4)CC3)c2)n1. The highest BCUT2D eigenvalue weighted by atomic mass is 32.2. The smallest absolute Gasteiger partial charge is 0.282 e. The van der Waals surface area contributed by atoms with Gasteiger partial charge in [-0.15, -0.1) is 0 Å². The standard InChI is InChI=1S/C21H31N5O2S/c1-18-15-19(2)26(22-18)21-8-5-7-20(16-21)17-23-9-6-12-25(14-13-23)29(27,28)24-10-3-4-11-24/h5,7-8,15-16H,3-4,6,9-14,17H2,1-2H3. The van der Waals surface area contributed by atoms with E-state index in [1.54, 1.807) is 8.61 Å². The number of hydrogen-bond donors (Lipinski definition) is 0. The first kappa shape index (κ1) is 20.5. The lowest BCUT2D eigenvalue weighted by molar-refractivity contribution is 0.276. The summed E-state index contributed by atoms with van der Waals surface area (Å²) in [6.45, 7) is 9.09. The van der Waals surface area contributed by atoms with Crippen LogP contribution in [0.15, 0.2) is 30.3 Å². The highest BCUT2D eigenvalue weighted by molar-refractivity contribution is 7.86. The van der Waals surface area contributed by atoms with Crippen molar-refractivity contribution in [3.05, 3.63) is 47.3 Å². The average molecular weight is 418 g/mol. The van der Waals surface area contributed by atoms with Crippen LogP contribution in [0.25, 0.3) is 5.69 Å². The first-order chi connectivity index (χ1) is 13.9. The molecule has 0 atom stereocenters. The van der Waals surface area contributed by atoms with Gasteiger partial charge in [0, 0.05) is 45.0 Å². The number of nitrogens with zero attached hydrogens (tertiary/aromatic N) is 5. The van der Waals surface area contributed by atoms with Crippen molar-refractivity contribution in [1.29, 1.82) is 0 Å². The van der Waals surface area contributed by atoms with Gasteiger partial charge in [0.05, 0.1) is 11.4 Å². The summed E-state index contributed by atoms with van der Waals surface area (Å²) in [5.41, 5.74) is 4.43. The Balaban J connectivity index is 1.42. The van der Waals surface area contributed by atoms with Crippen LogP contribution >= 0.6 is 0 Å². The van der Waals surface area contributed by atoms with Crippen molar-refractivity contribution in [3.63, 3.8) is 0 Å². The third-order valence-electron chi connectivity index (χ3n) is 5.84. The summed E-state index contributed by atoms with van der Waals surface area (Å²) in [4.78, 5) is 2.36. The zero-order valence-electron chi connectivity index (χ0n) is 17.4. The molecule has 8 heteroatoms. The molecule has 0 aliphatic carbocycles. The molecule has 1 aromatic carbocycles. The Hall–Kier alpha value is -1.74. The minimum Gasteiger partial charge on any atom is -0.298 e. The molecule has 3 heterocycles. The first-order valence-electron chi connectivity index (χ1n) is 10.5. The van der Waals surface area contributed by atoms with E-state index in [4.69, 9.17) is 0 Å². The highest BCUT2D eigenvalue weighted by Gasteiger charge is 2.32. The van der Waals surface area contributed by atoms with Crippen molar-refractivity contribution < 1.29 is 8.42 Å². The van der Waals surface area contributed by atoms with Crippen LogP contribution in [0.3, 0.4) is 0 Å². The second kappa shape index (κ2) is 8.55. The monoisotopic (exact) mass is 417 g/mol. The summed E-state index contributed by atoms with van der Waals surface area (Å²) in [6, 6.07) is 10.6. The van der Waals surface area contributed by atoms with E-state index in [0.29, 0.717) is 26.2 Å². The van der Waals surface area contributed by atoms with Gasteiger partial charge in [0.25, 0.3) is 10.2 Å². The van der Waals surface area contributed by atoms with Crippen molar-refractivity contribution in [2.45, 2.75) is 39.7 Å². The molecule has 2 aromatic rings. The normalized spacial score (nSPS) is 20.2. The first-order valence-corrected chi connectivity index (χ1v) is 11.9. The quantitative estimate of drug-likeness (QED) is 0.749. The zero-order valence-corrected chi connectivity index (χ0v) is 18.2. The molecule has 0 spiro atoms. The molecule has 1 aromatic heterocycles. The summed E-state index contributed by atoms with van der Waals surface area (Å²) >= 11 is 0. The van der Waals surface area contributed by atoms with Crippen molar-refractivity contribution in [1.82, 2.24) is 23.3 Å². The third kappa shape index (κ3) is 4.55. The minimum atomic E-state index is -3.30. The number of benzene rings is 1. The topological polar surface area (TPSA) is 61.7 Å². The largest absolute Gasteiger partial charge is 0.298 e. The summed E-state index contributed by atoms with van der Waals surface area (Å²) in [5, 5.41) is 4.58. The van der Waals surface area contributed by atoms with Crippen LogP contribution in [0, 0.1) is 13.8 Å². The molecule has 2 aliphatic rings. The third-order valence-corrected chi connectivity index (χ3v) is 7.87. The van der Waals surface area contributed by atoms with Gasteiger partial charge in [-0.2, -0.15) is 22.1 Å². The average Bonchev–Trinajstić information content (AvgIpc) is 3.28. The van der Waals surface area contributed by atoms with E-state index in [9.17, 15) is 8.42 Å². The van der Waals surface area contributed by atoms with Gasteiger partial charge in [-0.05, 0) is 63.4 Å². The Morgan fingerprint density at radius 1 is 0.897 bits per heavy atom. The van der Waals surface area contributed by atoms with Crippen molar-refractivity contribution in [2.75, 3.05) is 39.3 Å². The van der Waals surface area contributed by atoms with Crippen LogP contribution in [0.2, 0.25) is 0 Å². The van der Waals surface area contributed by atoms with Crippen LogP contribution < -0.4 is 0 Å². The molecule has 2 saturated heterocycles. The van der Waals surface area contributed by atoms with E-state index < -0.39 is 10.2 Å². The Bertz CT molecular complexity index is 950. The lowest BCUT2D eigenvalue weighted by Crippen LogP contribution is -2.44. The Kier molecular flexibility index (Phi) is 6.06. The fourth-order valence-corrected chi connectivity index (χ4v) is 6.07. The molecular formula is C21H31N5O2S. The number of rotatable bonds is 5. The van der Waals surface area contributed by atoms with Gasteiger partial charge in [0.2, 0.25) is 0 Å². The molecule has 2 aliphatic heterocycles. The molecule has 0 radical (unpaired) electrons. The Morgan fingerprint density at radius 2 is 1.62 bits per heavy atom. The molecule has 4 rings (SSSR count). The molecule has 0 saturated carbocycles. The van der Waals surface area contributed by atoms with Crippen LogP contribution in [0.5, 0.6) is 0 Å².